The molecule has 0 aliphatic carbocycles. The van der Waals surface area contributed by atoms with Gasteiger partial charge in [0.25, 0.3) is 5.91 Å². The third-order valence-corrected chi connectivity index (χ3v) is 4.54. The van der Waals surface area contributed by atoms with Crippen LogP contribution in [-0.4, -0.2) is 37.0 Å². The van der Waals surface area contributed by atoms with Crippen molar-refractivity contribution in [2.75, 3.05) is 20.2 Å². The lowest BCUT2D eigenvalue weighted by Gasteiger charge is -2.39. The van der Waals surface area contributed by atoms with Crippen LogP contribution in [0.4, 0.5) is 0 Å². The van der Waals surface area contributed by atoms with Crippen LogP contribution in [0.2, 0.25) is 0 Å². The molecule has 1 aromatic heterocycles. The first-order valence-electron chi connectivity index (χ1n) is 6.31. The molecule has 0 unspecified atom stereocenters. The summed E-state index contributed by atoms with van der Waals surface area (Å²) in [5.41, 5.74) is 5.82. The quantitative estimate of drug-likeness (QED) is 0.911. The number of hydrogen-bond acceptors (Lipinski definition) is 4. The first-order valence-corrected chi connectivity index (χ1v) is 7.19. The average molecular weight is 268 g/mol. The predicted molar refractivity (Wildman–Crippen MR) is 73.1 cm³/mol. The molecule has 0 saturated carbocycles. The molecule has 4 nitrogen and oxygen atoms in total. The fourth-order valence-corrected chi connectivity index (χ4v) is 3.35. The third kappa shape index (κ3) is 2.52. The summed E-state index contributed by atoms with van der Waals surface area (Å²) < 4.78 is 5.12. The van der Waals surface area contributed by atoms with E-state index in [4.69, 9.17) is 10.5 Å². The van der Waals surface area contributed by atoms with E-state index in [1.54, 1.807) is 13.2 Å². The molecule has 0 spiro atoms. The van der Waals surface area contributed by atoms with Crippen molar-refractivity contribution in [1.82, 2.24) is 4.90 Å². The molecule has 2 atom stereocenters. The van der Waals surface area contributed by atoms with Crippen molar-refractivity contribution in [3.63, 3.8) is 0 Å². The second-order valence-electron chi connectivity index (χ2n) is 4.77. The summed E-state index contributed by atoms with van der Waals surface area (Å²) in [4.78, 5) is 15.1. The number of piperidine rings is 1. The van der Waals surface area contributed by atoms with E-state index in [2.05, 4.69) is 6.92 Å². The largest absolute Gasteiger partial charge is 0.496 e. The van der Waals surface area contributed by atoms with Crippen LogP contribution in [0.5, 0.6) is 5.75 Å². The Morgan fingerprint density at radius 3 is 3.06 bits per heavy atom. The summed E-state index contributed by atoms with van der Waals surface area (Å²) >= 11 is 1.43. The standard InChI is InChI=1S/C13H20N2O2S/c1-9-4-3-5-15(11(9)7-14)13(16)12-6-10(17-2)8-18-12/h6,8-9,11H,3-5,7,14H2,1-2H3/t9-,11-/m1/s1. The lowest BCUT2D eigenvalue weighted by Crippen LogP contribution is -2.51. The maximum absolute atomic E-state index is 12.5. The van der Waals surface area contributed by atoms with Crippen LogP contribution in [0.3, 0.4) is 0 Å². The van der Waals surface area contributed by atoms with Gasteiger partial charge < -0.3 is 15.4 Å². The number of nitrogens with zero attached hydrogens (tertiary/aromatic N) is 1. The zero-order valence-electron chi connectivity index (χ0n) is 10.9. The first-order chi connectivity index (χ1) is 8.67. The van der Waals surface area contributed by atoms with Gasteiger partial charge in [-0.1, -0.05) is 6.92 Å². The molecule has 1 saturated heterocycles. The molecular weight excluding hydrogens is 248 g/mol. The minimum absolute atomic E-state index is 0.0882. The maximum Gasteiger partial charge on any atom is 0.264 e. The molecule has 0 bridgehead atoms. The van der Waals surface area contributed by atoms with Crippen LogP contribution < -0.4 is 10.5 Å². The molecule has 2 N–H and O–H groups in total. The zero-order valence-corrected chi connectivity index (χ0v) is 11.7. The average Bonchev–Trinajstić information content (AvgIpc) is 2.86. The van der Waals surface area contributed by atoms with Crippen LogP contribution in [0.1, 0.15) is 29.4 Å². The van der Waals surface area contributed by atoms with Crippen molar-refractivity contribution in [2.45, 2.75) is 25.8 Å². The number of thiophene rings is 1. The smallest absolute Gasteiger partial charge is 0.264 e. The van der Waals surface area contributed by atoms with Gasteiger partial charge in [-0.2, -0.15) is 0 Å². The molecule has 2 heterocycles. The number of carbonyl (C=O) groups excluding carboxylic acids is 1. The Balaban J connectivity index is 2.16. The van der Waals surface area contributed by atoms with Gasteiger partial charge in [-0.25, -0.2) is 0 Å². The van der Waals surface area contributed by atoms with Crippen LogP contribution in [0.25, 0.3) is 0 Å². The topological polar surface area (TPSA) is 55.6 Å². The van der Waals surface area contributed by atoms with Crippen molar-refractivity contribution in [1.29, 1.82) is 0 Å². The van der Waals surface area contributed by atoms with Crippen molar-refractivity contribution >= 4 is 17.2 Å². The highest BCUT2D eigenvalue weighted by atomic mass is 32.1. The number of likely N-dealkylation sites (tertiary alicyclic amines) is 1. The SMILES string of the molecule is COc1csc(C(=O)N2CCC[C@@H](C)[C@H]2CN)c1. The second kappa shape index (κ2) is 5.71. The Morgan fingerprint density at radius 1 is 1.67 bits per heavy atom. The van der Waals surface area contributed by atoms with E-state index in [9.17, 15) is 4.79 Å². The van der Waals surface area contributed by atoms with Crippen molar-refractivity contribution in [3.8, 4) is 5.75 Å². The van der Waals surface area contributed by atoms with Crippen LogP contribution in [-0.2, 0) is 0 Å². The van der Waals surface area contributed by atoms with Gasteiger partial charge in [0.1, 0.15) is 5.75 Å². The van der Waals surface area contributed by atoms with Crippen LogP contribution in [0, 0.1) is 5.92 Å². The summed E-state index contributed by atoms with van der Waals surface area (Å²) in [6, 6.07) is 1.97. The molecule has 0 aromatic carbocycles. The molecule has 1 fully saturated rings. The number of methoxy groups -OCH3 is 1. The van der Waals surface area contributed by atoms with Gasteiger partial charge in [-0.3, -0.25) is 4.79 Å². The van der Waals surface area contributed by atoms with E-state index in [0.29, 0.717) is 12.5 Å². The fraction of sp³-hybridized carbons (Fsp3) is 0.615. The van der Waals surface area contributed by atoms with Gasteiger partial charge in [0.2, 0.25) is 0 Å². The maximum atomic E-state index is 12.5. The summed E-state index contributed by atoms with van der Waals surface area (Å²) in [5, 5.41) is 1.86. The van der Waals surface area contributed by atoms with E-state index < -0.39 is 0 Å². The molecule has 18 heavy (non-hydrogen) atoms. The highest BCUT2D eigenvalue weighted by Crippen LogP contribution is 2.28. The lowest BCUT2D eigenvalue weighted by molar-refractivity contribution is 0.0537. The summed E-state index contributed by atoms with van der Waals surface area (Å²) in [6.45, 7) is 3.52. The van der Waals surface area contributed by atoms with Crippen molar-refractivity contribution in [2.24, 2.45) is 11.7 Å². The Bertz CT molecular complexity index is 419. The summed E-state index contributed by atoms with van der Waals surface area (Å²) in [5.74, 6) is 1.32. The Kier molecular flexibility index (Phi) is 4.24. The molecule has 1 aliphatic rings. The molecule has 1 amide bonds. The number of hydrogen-bond donors (Lipinski definition) is 1. The van der Waals surface area contributed by atoms with Gasteiger partial charge >= 0.3 is 0 Å². The Labute approximate surface area is 112 Å². The third-order valence-electron chi connectivity index (χ3n) is 3.64. The van der Waals surface area contributed by atoms with Crippen molar-refractivity contribution in [3.05, 3.63) is 16.3 Å². The highest BCUT2D eigenvalue weighted by molar-refractivity contribution is 7.12. The van der Waals surface area contributed by atoms with E-state index >= 15 is 0 Å². The number of amides is 1. The molecule has 1 aliphatic heterocycles. The van der Waals surface area contributed by atoms with E-state index in [1.807, 2.05) is 10.3 Å². The lowest BCUT2D eigenvalue weighted by atomic mass is 9.90. The molecule has 100 valence electrons. The van der Waals surface area contributed by atoms with Gasteiger partial charge in [-0.15, -0.1) is 11.3 Å². The van der Waals surface area contributed by atoms with E-state index in [0.717, 1.165) is 30.0 Å². The number of rotatable bonds is 3. The van der Waals surface area contributed by atoms with Crippen LogP contribution >= 0.6 is 11.3 Å². The number of ether oxygens (including phenoxy) is 1. The van der Waals surface area contributed by atoms with Gasteiger partial charge in [0.15, 0.2) is 0 Å². The van der Waals surface area contributed by atoms with E-state index in [-0.39, 0.29) is 11.9 Å². The second-order valence-corrected chi connectivity index (χ2v) is 5.68. The zero-order chi connectivity index (χ0) is 13.1. The van der Waals surface area contributed by atoms with Gasteiger partial charge in [-0.05, 0) is 18.8 Å². The number of nitrogens with two attached hydrogens (primary N) is 1. The molecule has 0 radical (unpaired) electrons. The molecule has 1 aromatic rings. The fourth-order valence-electron chi connectivity index (χ4n) is 2.54. The Hall–Kier alpha value is -1.07. The normalized spacial score (nSPS) is 24.1. The van der Waals surface area contributed by atoms with E-state index in [1.165, 1.54) is 11.3 Å². The minimum Gasteiger partial charge on any atom is -0.496 e. The van der Waals surface area contributed by atoms with Gasteiger partial charge in [0.05, 0.1) is 12.0 Å². The van der Waals surface area contributed by atoms with Gasteiger partial charge in [0, 0.05) is 30.6 Å². The van der Waals surface area contributed by atoms with Crippen LogP contribution in [0.15, 0.2) is 11.4 Å². The predicted octanol–water partition coefficient (Wildman–Crippen LogP) is 1.96. The molecular formula is C13H20N2O2S. The minimum atomic E-state index is 0.0882. The monoisotopic (exact) mass is 268 g/mol. The highest BCUT2D eigenvalue weighted by Gasteiger charge is 2.31. The summed E-state index contributed by atoms with van der Waals surface area (Å²) in [6.07, 6.45) is 2.21. The summed E-state index contributed by atoms with van der Waals surface area (Å²) in [7, 11) is 1.61. The first kappa shape index (κ1) is 13.4. The Morgan fingerprint density at radius 2 is 2.44 bits per heavy atom. The molecule has 2 rings (SSSR count). The number of carbonyl (C=O) groups is 1. The molecule has 5 heteroatoms. The van der Waals surface area contributed by atoms with Crippen molar-refractivity contribution < 1.29 is 9.53 Å².